The van der Waals surface area contributed by atoms with E-state index in [1.165, 1.54) is 0 Å². The predicted octanol–water partition coefficient (Wildman–Crippen LogP) is 1.52. The smallest absolute Gasteiger partial charge is 0.233 e. The normalized spacial score (nSPS) is 19.1. The van der Waals surface area contributed by atoms with Gasteiger partial charge in [0.15, 0.2) is 0 Å². The van der Waals surface area contributed by atoms with Crippen molar-refractivity contribution in [1.82, 2.24) is 4.31 Å². The fourth-order valence-corrected chi connectivity index (χ4v) is 2.05. The molecule has 0 aromatic rings. The molecule has 0 aromatic heterocycles. The third-order valence-electron chi connectivity index (χ3n) is 1.37. The summed E-state index contributed by atoms with van der Waals surface area (Å²) < 4.78 is 1.88. The summed E-state index contributed by atoms with van der Waals surface area (Å²) in [6, 6.07) is 0. The van der Waals surface area contributed by atoms with Gasteiger partial charge in [-0.05, 0) is 17.9 Å². The van der Waals surface area contributed by atoms with Crippen molar-refractivity contribution in [2.24, 2.45) is 5.92 Å². The molecule has 3 heteroatoms. The van der Waals surface area contributed by atoms with Crippen molar-refractivity contribution in [3.05, 3.63) is 0 Å². The van der Waals surface area contributed by atoms with Crippen LogP contribution in [-0.2, 0) is 4.79 Å². The van der Waals surface area contributed by atoms with Gasteiger partial charge in [-0.15, -0.1) is 0 Å². The Hall–Kier alpha value is -0.180. The van der Waals surface area contributed by atoms with Crippen LogP contribution in [0.2, 0.25) is 0 Å². The van der Waals surface area contributed by atoms with Gasteiger partial charge in [0, 0.05) is 18.7 Å². The van der Waals surface area contributed by atoms with Gasteiger partial charge in [0.25, 0.3) is 0 Å². The Morgan fingerprint density at radius 3 is 2.80 bits per heavy atom. The molecule has 0 aromatic carbocycles. The van der Waals surface area contributed by atoms with Crippen molar-refractivity contribution in [2.45, 2.75) is 20.3 Å². The molecule has 0 atom stereocenters. The van der Waals surface area contributed by atoms with Gasteiger partial charge in [-0.3, -0.25) is 9.10 Å². The largest absolute Gasteiger partial charge is 0.286 e. The number of hydrogen-bond donors (Lipinski definition) is 0. The second kappa shape index (κ2) is 3.28. The van der Waals surface area contributed by atoms with Crippen molar-refractivity contribution >= 4 is 17.9 Å². The highest BCUT2D eigenvalue weighted by Crippen LogP contribution is 2.22. The molecule has 0 unspecified atom stereocenters. The molecular weight excluding hydrogens is 146 g/mol. The summed E-state index contributed by atoms with van der Waals surface area (Å²) in [5, 5.41) is 0. The van der Waals surface area contributed by atoms with Gasteiger partial charge in [0.2, 0.25) is 5.91 Å². The second-order valence-electron chi connectivity index (χ2n) is 2.93. The Morgan fingerprint density at radius 2 is 2.40 bits per heavy atom. The fourth-order valence-electron chi connectivity index (χ4n) is 0.926. The molecular formula is C7H13NOS. The van der Waals surface area contributed by atoms with Gasteiger partial charge in [-0.25, -0.2) is 0 Å². The molecule has 2 nitrogen and oxygen atoms in total. The van der Waals surface area contributed by atoms with E-state index in [-0.39, 0.29) is 0 Å². The molecule has 1 amide bonds. The molecule has 0 N–H and O–H groups in total. The molecule has 0 radical (unpaired) electrons. The summed E-state index contributed by atoms with van der Waals surface area (Å²) in [6.45, 7) is 5.17. The van der Waals surface area contributed by atoms with Gasteiger partial charge in [0.05, 0.1) is 0 Å². The summed E-state index contributed by atoms with van der Waals surface area (Å²) in [5.74, 6) is 1.87. The van der Waals surface area contributed by atoms with Gasteiger partial charge >= 0.3 is 0 Å². The summed E-state index contributed by atoms with van der Waals surface area (Å²) in [5.41, 5.74) is 0. The molecule has 1 rings (SSSR count). The van der Waals surface area contributed by atoms with Crippen LogP contribution in [0.3, 0.4) is 0 Å². The summed E-state index contributed by atoms with van der Waals surface area (Å²) in [4.78, 5) is 11.0. The summed E-state index contributed by atoms with van der Waals surface area (Å²) in [6.07, 6.45) is 0.734. The SMILES string of the molecule is CC(C)CN1SCCC1=O. The maximum Gasteiger partial charge on any atom is 0.233 e. The molecule has 1 aliphatic rings. The zero-order valence-electron chi connectivity index (χ0n) is 6.46. The molecule has 10 heavy (non-hydrogen) atoms. The quantitative estimate of drug-likeness (QED) is 0.569. The highest BCUT2D eigenvalue weighted by atomic mass is 32.2. The third kappa shape index (κ3) is 1.90. The average Bonchev–Trinajstić information content (AvgIpc) is 2.15. The van der Waals surface area contributed by atoms with E-state index in [9.17, 15) is 4.79 Å². The van der Waals surface area contributed by atoms with Crippen LogP contribution >= 0.6 is 11.9 Å². The van der Waals surface area contributed by atoms with E-state index < -0.39 is 0 Å². The standard InChI is InChI=1S/C7H13NOS/c1-6(2)5-8-7(9)3-4-10-8/h6H,3-5H2,1-2H3. The summed E-state index contributed by atoms with van der Waals surface area (Å²) in [7, 11) is 0. The summed E-state index contributed by atoms with van der Waals surface area (Å²) >= 11 is 1.66. The Morgan fingerprint density at radius 1 is 1.70 bits per heavy atom. The van der Waals surface area contributed by atoms with Crippen molar-refractivity contribution in [3.8, 4) is 0 Å². The van der Waals surface area contributed by atoms with Crippen LogP contribution < -0.4 is 0 Å². The molecule has 1 heterocycles. The van der Waals surface area contributed by atoms with Crippen molar-refractivity contribution in [3.63, 3.8) is 0 Å². The zero-order valence-corrected chi connectivity index (χ0v) is 7.28. The Labute approximate surface area is 66.1 Å². The van der Waals surface area contributed by atoms with E-state index in [0.29, 0.717) is 11.8 Å². The maximum absolute atomic E-state index is 11.0. The zero-order chi connectivity index (χ0) is 7.56. The number of nitrogens with zero attached hydrogens (tertiary/aromatic N) is 1. The minimum atomic E-state index is 0.304. The number of amides is 1. The lowest BCUT2D eigenvalue weighted by molar-refractivity contribution is -0.125. The molecule has 1 fully saturated rings. The lowest BCUT2D eigenvalue weighted by Crippen LogP contribution is -2.22. The lowest BCUT2D eigenvalue weighted by atomic mass is 10.2. The van der Waals surface area contributed by atoms with Crippen LogP contribution in [0.15, 0.2) is 0 Å². The first-order chi connectivity index (χ1) is 4.70. The minimum Gasteiger partial charge on any atom is -0.286 e. The van der Waals surface area contributed by atoms with Crippen LogP contribution in [-0.4, -0.2) is 22.5 Å². The van der Waals surface area contributed by atoms with E-state index in [1.807, 2.05) is 4.31 Å². The lowest BCUT2D eigenvalue weighted by Gasteiger charge is -2.15. The third-order valence-corrected chi connectivity index (χ3v) is 2.42. The maximum atomic E-state index is 11.0. The van der Waals surface area contributed by atoms with Crippen LogP contribution in [0.1, 0.15) is 20.3 Å². The molecule has 1 aliphatic heterocycles. The van der Waals surface area contributed by atoms with E-state index in [2.05, 4.69) is 13.8 Å². The van der Waals surface area contributed by atoms with E-state index in [0.717, 1.165) is 18.7 Å². The molecule has 0 spiro atoms. The van der Waals surface area contributed by atoms with Gasteiger partial charge in [0.1, 0.15) is 0 Å². The van der Waals surface area contributed by atoms with Crippen molar-refractivity contribution < 1.29 is 4.79 Å². The number of carbonyl (C=O) groups excluding carboxylic acids is 1. The highest BCUT2D eigenvalue weighted by molar-refractivity contribution is 7.97. The van der Waals surface area contributed by atoms with Crippen molar-refractivity contribution in [2.75, 3.05) is 12.3 Å². The van der Waals surface area contributed by atoms with Gasteiger partial charge in [-0.1, -0.05) is 13.8 Å². The first-order valence-electron chi connectivity index (χ1n) is 3.63. The second-order valence-corrected chi connectivity index (χ2v) is 4.04. The van der Waals surface area contributed by atoms with E-state index in [4.69, 9.17) is 0 Å². The molecule has 58 valence electrons. The van der Waals surface area contributed by atoms with Crippen LogP contribution in [0.4, 0.5) is 0 Å². The van der Waals surface area contributed by atoms with Crippen molar-refractivity contribution in [1.29, 1.82) is 0 Å². The Balaban J connectivity index is 2.33. The highest BCUT2D eigenvalue weighted by Gasteiger charge is 2.21. The molecule has 0 saturated carbocycles. The van der Waals surface area contributed by atoms with Gasteiger partial charge in [-0.2, -0.15) is 0 Å². The molecule has 0 bridgehead atoms. The number of hydrogen-bond acceptors (Lipinski definition) is 2. The van der Waals surface area contributed by atoms with Crippen LogP contribution in [0.25, 0.3) is 0 Å². The minimum absolute atomic E-state index is 0.304. The van der Waals surface area contributed by atoms with Crippen LogP contribution in [0, 0.1) is 5.92 Å². The van der Waals surface area contributed by atoms with E-state index in [1.54, 1.807) is 11.9 Å². The average molecular weight is 159 g/mol. The molecule has 1 saturated heterocycles. The predicted molar refractivity (Wildman–Crippen MR) is 43.6 cm³/mol. The Kier molecular flexibility index (Phi) is 2.60. The number of rotatable bonds is 2. The number of carbonyl (C=O) groups is 1. The van der Waals surface area contributed by atoms with Crippen LogP contribution in [0.5, 0.6) is 0 Å². The first-order valence-corrected chi connectivity index (χ1v) is 4.57. The van der Waals surface area contributed by atoms with Gasteiger partial charge < -0.3 is 0 Å². The molecule has 0 aliphatic carbocycles. The topological polar surface area (TPSA) is 20.3 Å². The Bertz CT molecular complexity index is 136. The van der Waals surface area contributed by atoms with E-state index >= 15 is 0 Å². The fraction of sp³-hybridized carbons (Fsp3) is 0.857. The monoisotopic (exact) mass is 159 g/mol. The first kappa shape index (κ1) is 7.92.